The Bertz CT molecular complexity index is 394. The fraction of sp³-hybridized carbons (Fsp3) is 0.500. The van der Waals surface area contributed by atoms with Gasteiger partial charge in [0, 0.05) is 25.8 Å². The summed E-state index contributed by atoms with van der Waals surface area (Å²) >= 11 is 0. The first-order valence-electron chi connectivity index (χ1n) is 6.00. The summed E-state index contributed by atoms with van der Waals surface area (Å²) < 4.78 is 0. The van der Waals surface area contributed by atoms with Gasteiger partial charge in [0.05, 0.1) is 0 Å². The van der Waals surface area contributed by atoms with Crippen molar-refractivity contribution in [2.24, 2.45) is 10.9 Å². The minimum atomic E-state index is 0.0399. The van der Waals surface area contributed by atoms with Crippen LogP contribution in [0.3, 0.4) is 0 Å². The largest absolute Gasteiger partial charge is 0.409 e. The minimum absolute atomic E-state index is 0.0399. The monoisotopic (exact) mass is 251 g/mol. The van der Waals surface area contributed by atoms with Gasteiger partial charge in [0.2, 0.25) is 0 Å². The van der Waals surface area contributed by atoms with Crippen molar-refractivity contribution in [1.29, 1.82) is 0 Å². The number of nitrogens with one attached hydrogen (secondary N) is 1. The normalized spacial score (nSPS) is 12.1. The van der Waals surface area contributed by atoms with E-state index >= 15 is 0 Å². The Labute approximate surface area is 107 Å². The van der Waals surface area contributed by atoms with Crippen LogP contribution in [0.4, 0.5) is 0 Å². The molecule has 1 aromatic rings. The molecule has 0 fully saturated rings. The number of likely N-dealkylation sites (N-methyl/N-ethyl adjacent to an activating group) is 1. The van der Waals surface area contributed by atoms with Gasteiger partial charge in [-0.15, -0.1) is 0 Å². The zero-order valence-electron chi connectivity index (χ0n) is 10.9. The molecule has 4 N–H and O–H groups in total. The molecular weight excluding hydrogens is 230 g/mol. The van der Waals surface area contributed by atoms with Gasteiger partial charge in [-0.05, 0) is 25.2 Å². The number of pyridine rings is 1. The molecule has 0 unspecified atom stereocenters. The number of rotatable bonds is 7. The molecule has 6 heteroatoms. The molecule has 18 heavy (non-hydrogen) atoms. The Morgan fingerprint density at radius 1 is 1.61 bits per heavy atom. The predicted molar refractivity (Wildman–Crippen MR) is 71.6 cm³/mol. The zero-order chi connectivity index (χ0) is 13.4. The Balaban J connectivity index is 2.52. The lowest BCUT2D eigenvalue weighted by Crippen LogP contribution is -2.29. The van der Waals surface area contributed by atoms with Crippen LogP contribution in [-0.4, -0.2) is 47.6 Å². The molecule has 0 saturated heterocycles. The van der Waals surface area contributed by atoms with Gasteiger partial charge in [-0.25, -0.2) is 0 Å². The van der Waals surface area contributed by atoms with E-state index in [4.69, 9.17) is 10.9 Å². The smallest absolute Gasteiger partial charge is 0.189 e. The van der Waals surface area contributed by atoms with E-state index in [2.05, 4.69) is 34.3 Å². The molecule has 0 aliphatic carbocycles. The van der Waals surface area contributed by atoms with Crippen molar-refractivity contribution in [2.45, 2.75) is 13.5 Å². The fourth-order valence-electron chi connectivity index (χ4n) is 1.51. The van der Waals surface area contributed by atoms with Crippen molar-refractivity contribution in [1.82, 2.24) is 15.2 Å². The molecule has 1 heterocycles. The average Bonchev–Trinajstić information content (AvgIpc) is 2.42. The molecule has 100 valence electrons. The van der Waals surface area contributed by atoms with Crippen LogP contribution >= 0.6 is 0 Å². The van der Waals surface area contributed by atoms with Crippen LogP contribution in [0.25, 0.3) is 0 Å². The maximum atomic E-state index is 8.68. The molecule has 0 amide bonds. The van der Waals surface area contributed by atoms with Crippen molar-refractivity contribution in [3.8, 4) is 0 Å². The first-order chi connectivity index (χ1) is 8.69. The molecule has 0 aliphatic rings. The number of amidine groups is 1. The lowest BCUT2D eigenvalue weighted by atomic mass is 10.2. The third kappa shape index (κ3) is 4.31. The van der Waals surface area contributed by atoms with E-state index in [0.29, 0.717) is 12.2 Å². The van der Waals surface area contributed by atoms with E-state index in [-0.39, 0.29) is 5.84 Å². The summed E-state index contributed by atoms with van der Waals surface area (Å²) in [7, 11) is 2.08. The zero-order valence-corrected chi connectivity index (χ0v) is 10.9. The number of nitrogens with zero attached hydrogens (tertiary/aromatic N) is 3. The molecule has 1 rings (SSSR count). The Morgan fingerprint density at radius 3 is 3.06 bits per heavy atom. The number of hydrogen-bond donors (Lipinski definition) is 3. The van der Waals surface area contributed by atoms with Crippen LogP contribution in [0.1, 0.15) is 18.2 Å². The van der Waals surface area contributed by atoms with Gasteiger partial charge in [0.1, 0.15) is 5.69 Å². The lowest BCUT2D eigenvalue weighted by molar-refractivity contribution is 0.318. The molecule has 6 nitrogen and oxygen atoms in total. The van der Waals surface area contributed by atoms with Gasteiger partial charge in [-0.1, -0.05) is 18.1 Å². The maximum Gasteiger partial charge on any atom is 0.189 e. The van der Waals surface area contributed by atoms with Crippen LogP contribution in [0.5, 0.6) is 0 Å². The molecule has 0 aliphatic heterocycles. The molecule has 1 aromatic heterocycles. The van der Waals surface area contributed by atoms with Crippen molar-refractivity contribution in [3.63, 3.8) is 0 Å². The predicted octanol–water partition coefficient (Wildman–Crippen LogP) is 0.217. The number of nitrogens with two attached hydrogens (primary N) is 1. The summed E-state index contributed by atoms with van der Waals surface area (Å²) in [5.74, 6) is 0.0399. The molecule has 0 atom stereocenters. The van der Waals surface area contributed by atoms with E-state index in [1.54, 1.807) is 6.20 Å². The highest BCUT2D eigenvalue weighted by molar-refractivity contribution is 5.96. The van der Waals surface area contributed by atoms with Crippen LogP contribution in [0.15, 0.2) is 23.5 Å². The van der Waals surface area contributed by atoms with Gasteiger partial charge in [0.15, 0.2) is 5.84 Å². The van der Waals surface area contributed by atoms with Crippen molar-refractivity contribution in [2.75, 3.05) is 26.7 Å². The van der Waals surface area contributed by atoms with Crippen LogP contribution in [-0.2, 0) is 6.54 Å². The second-order valence-corrected chi connectivity index (χ2v) is 4.07. The van der Waals surface area contributed by atoms with Crippen molar-refractivity contribution in [3.05, 3.63) is 29.6 Å². The Kier molecular flexibility index (Phi) is 6.10. The van der Waals surface area contributed by atoms with Gasteiger partial charge < -0.3 is 21.2 Å². The van der Waals surface area contributed by atoms with Gasteiger partial charge in [-0.3, -0.25) is 4.98 Å². The molecular formula is C12H21N5O. The summed E-state index contributed by atoms with van der Waals surface area (Å²) in [6, 6.07) is 3.75. The van der Waals surface area contributed by atoms with Crippen LogP contribution < -0.4 is 11.1 Å². The van der Waals surface area contributed by atoms with Gasteiger partial charge in [0.25, 0.3) is 0 Å². The third-order valence-corrected chi connectivity index (χ3v) is 2.77. The van der Waals surface area contributed by atoms with E-state index in [0.717, 1.165) is 25.2 Å². The first kappa shape index (κ1) is 14.4. The fourth-order valence-corrected chi connectivity index (χ4v) is 1.51. The highest BCUT2D eigenvalue weighted by Crippen LogP contribution is 2.04. The maximum absolute atomic E-state index is 8.68. The van der Waals surface area contributed by atoms with Gasteiger partial charge in [-0.2, -0.15) is 0 Å². The summed E-state index contributed by atoms with van der Waals surface area (Å²) in [5, 5.41) is 15.0. The van der Waals surface area contributed by atoms with Gasteiger partial charge >= 0.3 is 0 Å². The Hall–Kier alpha value is -1.66. The second kappa shape index (κ2) is 7.62. The molecule has 0 spiro atoms. The summed E-state index contributed by atoms with van der Waals surface area (Å²) in [6.07, 6.45) is 1.63. The quantitative estimate of drug-likeness (QED) is 0.212. The molecule has 0 radical (unpaired) electrons. The van der Waals surface area contributed by atoms with E-state index in [9.17, 15) is 0 Å². The van der Waals surface area contributed by atoms with Crippen LogP contribution in [0, 0.1) is 0 Å². The molecule has 0 saturated carbocycles. The first-order valence-corrected chi connectivity index (χ1v) is 6.00. The highest BCUT2D eigenvalue weighted by atomic mass is 16.4. The third-order valence-electron chi connectivity index (χ3n) is 2.77. The lowest BCUT2D eigenvalue weighted by Gasteiger charge is -2.14. The average molecular weight is 251 g/mol. The minimum Gasteiger partial charge on any atom is -0.409 e. The standard InChI is InChI=1S/C12H21N5O/c1-3-17(2)8-7-14-9-10-5-4-6-15-11(10)12(13)16-18/h4-6,14,18H,3,7-9H2,1-2H3,(H2,13,16). The summed E-state index contributed by atoms with van der Waals surface area (Å²) in [6.45, 7) is 5.67. The van der Waals surface area contributed by atoms with E-state index < -0.39 is 0 Å². The number of aromatic nitrogens is 1. The number of hydrogen-bond acceptors (Lipinski definition) is 5. The topological polar surface area (TPSA) is 86.8 Å². The van der Waals surface area contributed by atoms with Crippen LogP contribution in [0.2, 0.25) is 0 Å². The Morgan fingerprint density at radius 2 is 2.39 bits per heavy atom. The number of oxime groups is 1. The highest BCUT2D eigenvalue weighted by Gasteiger charge is 2.07. The van der Waals surface area contributed by atoms with E-state index in [1.807, 2.05) is 12.1 Å². The molecule has 0 bridgehead atoms. The van der Waals surface area contributed by atoms with Crippen molar-refractivity contribution >= 4 is 5.84 Å². The summed E-state index contributed by atoms with van der Waals surface area (Å²) in [4.78, 5) is 6.34. The summed E-state index contributed by atoms with van der Waals surface area (Å²) in [5.41, 5.74) is 7.02. The second-order valence-electron chi connectivity index (χ2n) is 4.07. The molecule has 0 aromatic carbocycles. The van der Waals surface area contributed by atoms with E-state index in [1.165, 1.54) is 0 Å². The van der Waals surface area contributed by atoms with Crippen molar-refractivity contribution < 1.29 is 5.21 Å². The SMILES string of the molecule is CCN(C)CCNCc1cccnc1C(N)=NO.